The van der Waals surface area contributed by atoms with Gasteiger partial charge in [-0.1, -0.05) is 54.1 Å². The average Bonchev–Trinajstić information content (AvgIpc) is 2.39. The van der Waals surface area contributed by atoms with E-state index < -0.39 is 9.84 Å². The second-order valence-corrected chi connectivity index (χ2v) is 5.61. The van der Waals surface area contributed by atoms with Crippen molar-refractivity contribution in [3.63, 3.8) is 0 Å². The fraction of sp³-hybridized carbons (Fsp3) is 0.0714. The van der Waals surface area contributed by atoms with Crippen LogP contribution >= 0.6 is 0 Å². The molecule has 0 bridgehead atoms. The third-order valence-corrected chi connectivity index (χ3v) is 3.99. The largest absolute Gasteiger partial charge is 1.00 e. The maximum atomic E-state index is 11.9. The number of sulfone groups is 1. The van der Waals surface area contributed by atoms with E-state index in [2.05, 4.69) is 0 Å². The van der Waals surface area contributed by atoms with Crippen LogP contribution in [0.3, 0.4) is 0 Å². The minimum atomic E-state index is -3.28. The second kappa shape index (κ2) is 6.80. The normalized spacial score (nSPS) is 10.7. The van der Waals surface area contributed by atoms with Crippen molar-refractivity contribution in [2.75, 3.05) is 0 Å². The monoisotopic (exact) mass is 252 g/mol. The molecule has 0 aromatic heterocycles. The topological polar surface area (TPSA) is 34.1 Å². The minimum Gasteiger partial charge on any atom is -0.257 e. The number of hydrogen-bond acceptors (Lipinski definition) is 2. The first-order valence-corrected chi connectivity index (χ1v) is 6.90. The Bertz CT molecular complexity index is 565. The van der Waals surface area contributed by atoms with E-state index in [9.17, 15) is 8.42 Å². The van der Waals surface area contributed by atoms with Gasteiger partial charge in [0.15, 0.2) is 0 Å². The molecule has 0 aliphatic carbocycles. The molecule has 0 saturated heterocycles. The van der Waals surface area contributed by atoms with Crippen molar-refractivity contribution in [1.82, 2.24) is 0 Å². The van der Waals surface area contributed by atoms with Gasteiger partial charge in [0.1, 0.15) is 0 Å². The van der Waals surface area contributed by atoms with Gasteiger partial charge < -0.3 is 0 Å². The Labute approximate surface area is 120 Å². The van der Waals surface area contributed by atoms with Crippen LogP contribution in [0.4, 0.5) is 0 Å². The average molecular weight is 252 g/mol. The fourth-order valence-electron chi connectivity index (χ4n) is 1.53. The molecule has 2 rings (SSSR count). The Morgan fingerprint density at radius 2 is 1.33 bits per heavy atom. The molecule has 2 aromatic carbocycles. The quantitative estimate of drug-likeness (QED) is 0.561. The Morgan fingerprint density at radius 3 is 1.89 bits per heavy atom. The van der Waals surface area contributed by atoms with Crippen molar-refractivity contribution in [2.24, 2.45) is 0 Å². The van der Waals surface area contributed by atoms with Crippen molar-refractivity contribution in [2.45, 2.75) is 11.3 Å². The molecule has 0 saturated carbocycles. The predicted octanol–water partition coefficient (Wildman–Crippen LogP) is -0.131. The Morgan fingerprint density at radius 1 is 0.833 bits per heavy atom. The smallest absolute Gasteiger partial charge is 0.257 e. The molecule has 0 fully saturated rings. The molecule has 0 N–H and O–H groups in total. The van der Waals surface area contributed by atoms with Crippen LogP contribution in [0.2, 0.25) is 0 Å². The molecule has 0 heterocycles. The Kier molecular flexibility index (Phi) is 5.68. The van der Waals surface area contributed by atoms with E-state index in [1.165, 1.54) is 5.75 Å². The van der Waals surface area contributed by atoms with E-state index in [1.807, 2.05) is 30.3 Å². The molecule has 0 aliphatic heterocycles. The molecule has 18 heavy (non-hydrogen) atoms. The van der Waals surface area contributed by atoms with Crippen molar-refractivity contribution in [1.29, 1.82) is 0 Å². The summed E-state index contributed by atoms with van der Waals surface area (Å²) in [5.41, 5.74) is 0.993. The SMILES string of the molecule is O=S(=O)([CH-]Cc1ccccc1)c1ccccc1.[Li+]. The van der Waals surface area contributed by atoms with Gasteiger partial charge in [-0.25, -0.2) is 0 Å². The summed E-state index contributed by atoms with van der Waals surface area (Å²) < 4.78 is 23.9. The van der Waals surface area contributed by atoms with Crippen LogP contribution < -0.4 is 18.9 Å². The maximum Gasteiger partial charge on any atom is 1.00 e. The minimum absolute atomic E-state index is 0. The van der Waals surface area contributed by atoms with E-state index in [0.29, 0.717) is 11.3 Å². The van der Waals surface area contributed by atoms with Gasteiger partial charge in [-0.15, -0.1) is 6.42 Å². The molecular formula is C14H13LiO2S. The van der Waals surface area contributed by atoms with Crippen LogP contribution in [0.5, 0.6) is 0 Å². The maximum absolute atomic E-state index is 11.9. The zero-order valence-corrected chi connectivity index (χ0v) is 11.1. The van der Waals surface area contributed by atoms with Gasteiger partial charge in [-0.05, 0) is 12.1 Å². The van der Waals surface area contributed by atoms with E-state index >= 15 is 0 Å². The number of hydrogen-bond donors (Lipinski definition) is 0. The van der Waals surface area contributed by atoms with Gasteiger partial charge in [0, 0.05) is 4.90 Å². The molecule has 0 amide bonds. The molecule has 0 aliphatic rings. The van der Waals surface area contributed by atoms with Crippen LogP contribution in [0.15, 0.2) is 65.6 Å². The second-order valence-electron chi connectivity index (χ2n) is 3.71. The third-order valence-electron chi connectivity index (χ3n) is 2.45. The van der Waals surface area contributed by atoms with E-state index in [4.69, 9.17) is 0 Å². The van der Waals surface area contributed by atoms with E-state index in [-0.39, 0.29) is 18.9 Å². The van der Waals surface area contributed by atoms with Gasteiger partial charge >= 0.3 is 18.9 Å². The van der Waals surface area contributed by atoms with Gasteiger partial charge in [0.25, 0.3) is 0 Å². The standard InChI is InChI=1S/C14H13O2S.Li/c15-17(16,14-9-5-2-6-10-14)12-11-13-7-3-1-4-8-13;/h1-10,12H,11H2;/q-1;+1. The first-order chi connectivity index (χ1) is 8.18. The number of benzene rings is 2. The zero-order valence-electron chi connectivity index (χ0n) is 10.3. The van der Waals surface area contributed by atoms with Gasteiger partial charge in [0.05, 0.1) is 9.84 Å². The van der Waals surface area contributed by atoms with E-state index in [1.54, 1.807) is 30.3 Å². The van der Waals surface area contributed by atoms with Crippen molar-refractivity contribution in [3.8, 4) is 0 Å². The molecule has 0 spiro atoms. The summed E-state index contributed by atoms with van der Waals surface area (Å²) in [5, 5.41) is 0. The van der Waals surface area contributed by atoms with Crippen molar-refractivity contribution in [3.05, 3.63) is 72.0 Å². The van der Waals surface area contributed by atoms with Crippen molar-refractivity contribution >= 4 is 9.84 Å². The first-order valence-electron chi connectivity index (χ1n) is 5.36. The van der Waals surface area contributed by atoms with Gasteiger partial charge in [-0.3, -0.25) is 8.42 Å². The van der Waals surface area contributed by atoms with Crippen LogP contribution in [0, 0.1) is 5.75 Å². The zero-order chi connectivity index (χ0) is 12.1. The summed E-state index contributed by atoms with van der Waals surface area (Å²) in [6, 6.07) is 18.0. The van der Waals surface area contributed by atoms with Gasteiger partial charge in [0.2, 0.25) is 0 Å². The molecular weight excluding hydrogens is 239 g/mol. The molecule has 88 valence electrons. The Hall–Kier alpha value is -1.01. The van der Waals surface area contributed by atoms with Crippen LogP contribution in [-0.4, -0.2) is 8.42 Å². The molecule has 2 nitrogen and oxygen atoms in total. The number of rotatable bonds is 4. The third kappa shape index (κ3) is 4.03. The van der Waals surface area contributed by atoms with E-state index in [0.717, 1.165) is 5.56 Å². The summed E-state index contributed by atoms with van der Waals surface area (Å²) in [5.74, 6) is 1.36. The summed E-state index contributed by atoms with van der Waals surface area (Å²) >= 11 is 0. The van der Waals surface area contributed by atoms with Crippen LogP contribution in [0.1, 0.15) is 5.56 Å². The summed E-state index contributed by atoms with van der Waals surface area (Å²) in [6.45, 7) is 0. The van der Waals surface area contributed by atoms with Gasteiger partial charge in [-0.2, -0.15) is 5.75 Å². The molecule has 0 radical (unpaired) electrons. The molecule has 2 aromatic rings. The first kappa shape index (κ1) is 15.0. The fourth-order valence-corrected chi connectivity index (χ4v) is 2.67. The summed E-state index contributed by atoms with van der Waals surface area (Å²) in [6.07, 6.45) is 0.429. The molecule has 0 atom stereocenters. The van der Waals surface area contributed by atoms with Crippen LogP contribution in [0.25, 0.3) is 0 Å². The van der Waals surface area contributed by atoms with Crippen LogP contribution in [-0.2, 0) is 16.3 Å². The van der Waals surface area contributed by atoms with Crippen molar-refractivity contribution < 1.29 is 27.3 Å². The predicted molar refractivity (Wildman–Crippen MR) is 68.1 cm³/mol. The summed E-state index contributed by atoms with van der Waals surface area (Å²) in [4.78, 5) is 0.343. The molecule has 0 unspecified atom stereocenters. The Balaban J connectivity index is 0.00000162. The summed E-state index contributed by atoms with van der Waals surface area (Å²) in [7, 11) is -3.28. The molecule has 4 heteroatoms.